The Labute approximate surface area is 213 Å². The number of aromatic nitrogens is 1. The van der Waals surface area contributed by atoms with Gasteiger partial charge in [-0.2, -0.15) is 0 Å². The van der Waals surface area contributed by atoms with Gasteiger partial charge in [-0.3, -0.25) is 9.69 Å². The lowest BCUT2D eigenvalue weighted by Gasteiger charge is -2.18. The molecule has 180 valence electrons. The van der Waals surface area contributed by atoms with Gasteiger partial charge in [0.1, 0.15) is 5.75 Å². The van der Waals surface area contributed by atoms with E-state index in [1.165, 1.54) is 7.11 Å². The second-order valence-electron chi connectivity index (χ2n) is 8.46. The van der Waals surface area contributed by atoms with E-state index in [0.29, 0.717) is 17.0 Å². The molecule has 2 heterocycles. The summed E-state index contributed by atoms with van der Waals surface area (Å²) in [4.78, 5) is 27.9. The van der Waals surface area contributed by atoms with Crippen LogP contribution in [0.15, 0.2) is 69.8 Å². The summed E-state index contributed by atoms with van der Waals surface area (Å²) >= 11 is 3.43. The molecule has 0 atom stereocenters. The first-order valence-electron chi connectivity index (χ1n) is 11.1. The smallest absolute Gasteiger partial charge is 0.340 e. The Hall–Kier alpha value is -3.58. The minimum absolute atomic E-state index is 0.262. The molecule has 1 aromatic heterocycles. The molecule has 1 amide bonds. The van der Waals surface area contributed by atoms with Crippen molar-refractivity contribution in [3.05, 3.63) is 92.4 Å². The lowest BCUT2D eigenvalue weighted by atomic mass is 10.0. The van der Waals surface area contributed by atoms with E-state index in [1.807, 2.05) is 63.2 Å². The van der Waals surface area contributed by atoms with Crippen LogP contribution < -0.4 is 9.64 Å². The van der Waals surface area contributed by atoms with Crippen LogP contribution in [0, 0.1) is 20.8 Å². The highest BCUT2D eigenvalue weighted by atomic mass is 79.9. The fourth-order valence-electron chi connectivity index (χ4n) is 4.52. The third-order valence-electron chi connectivity index (χ3n) is 6.22. The second-order valence-corrected chi connectivity index (χ2v) is 9.38. The van der Waals surface area contributed by atoms with Gasteiger partial charge in [0.2, 0.25) is 0 Å². The maximum atomic E-state index is 13.6. The molecule has 0 N–H and O–H groups in total. The van der Waals surface area contributed by atoms with Gasteiger partial charge >= 0.3 is 5.97 Å². The number of amides is 1. The number of aryl methyl sites for hydroxylation is 2. The molecule has 0 spiro atoms. The number of hydrogen-bond acceptors (Lipinski definition) is 4. The number of hydrogen-bond donors (Lipinski definition) is 0. The molecular formula is C28H27BrN2O4. The third-order valence-corrected chi connectivity index (χ3v) is 6.75. The monoisotopic (exact) mass is 534 g/mol. The molecule has 3 aromatic rings. The van der Waals surface area contributed by atoms with E-state index in [2.05, 4.69) is 26.6 Å². The summed E-state index contributed by atoms with van der Waals surface area (Å²) in [5.74, 6) is -0.0695. The molecule has 0 radical (unpaired) electrons. The van der Waals surface area contributed by atoms with Crippen molar-refractivity contribution in [1.29, 1.82) is 0 Å². The lowest BCUT2D eigenvalue weighted by molar-refractivity contribution is -0.136. The predicted molar refractivity (Wildman–Crippen MR) is 141 cm³/mol. The number of benzene rings is 2. The molecule has 6 nitrogen and oxygen atoms in total. The standard InChI is InChI=1S/C28H27BrN2O4/c1-16-7-12-25(34-5)24(13-16)30-17(2)14-20(18(30)3)15-23-26(28(33)35-6)19(4)31(27(23)32)22-10-8-21(29)9-11-22/h7-15H,1-6H3/b23-15-. The van der Waals surface area contributed by atoms with Crippen molar-refractivity contribution in [2.75, 3.05) is 19.1 Å². The average molecular weight is 535 g/mol. The zero-order valence-corrected chi connectivity index (χ0v) is 22.2. The van der Waals surface area contributed by atoms with Crippen LogP contribution in [-0.2, 0) is 14.3 Å². The number of anilines is 1. The first-order valence-corrected chi connectivity index (χ1v) is 11.9. The molecule has 35 heavy (non-hydrogen) atoms. The summed E-state index contributed by atoms with van der Waals surface area (Å²) in [6.07, 6.45) is 1.78. The zero-order chi connectivity index (χ0) is 25.4. The van der Waals surface area contributed by atoms with Crippen molar-refractivity contribution in [3.8, 4) is 11.4 Å². The van der Waals surface area contributed by atoms with Crippen LogP contribution in [0.25, 0.3) is 11.8 Å². The number of ether oxygens (including phenoxy) is 2. The average Bonchev–Trinajstić information content (AvgIpc) is 3.25. The van der Waals surface area contributed by atoms with E-state index in [0.717, 1.165) is 38.4 Å². The van der Waals surface area contributed by atoms with Crippen LogP contribution in [-0.4, -0.2) is 30.7 Å². The Morgan fingerprint density at radius 2 is 1.66 bits per heavy atom. The largest absolute Gasteiger partial charge is 0.495 e. The molecule has 0 saturated carbocycles. The van der Waals surface area contributed by atoms with Crippen LogP contribution in [0.3, 0.4) is 0 Å². The van der Waals surface area contributed by atoms with E-state index < -0.39 is 5.97 Å². The van der Waals surface area contributed by atoms with Crippen LogP contribution >= 0.6 is 15.9 Å². The normalized spacial score (nSPS) is 14.8. The number of rotatable bonds is 5. The van der Waals surface area contributed by atoms with Crippen LogP contribution in [0.4, 0.5) is 5.69 Å². The fourth-order valence-corrected chi connectivity index (χ4v) is 4.78. The molecule has 0 unspecified atom stereocenters. The van der Waals surface area contributed by atoms with Gasteiger partial charge in [0, 0.05) is 27.2 Å². The van der Waals surface area contributed by atoms with Crippen LogP contribution in [0.1, 0.15) is 29.4 Å². The summed E-state index contributed by atoms with van der Waals surface area (Å²) in [6.45, 7) is 7.78. The first kappa shape index (κ1) is 24.5. The molecular weight excluding hydrogens is 508 g/mol. The molecule has 1 aliphatic heterocycles. The van der Waals surface area contributed by atoms with Crippen molar-refractivity contribution < 1.29 is 19.1 Å². The molecule has 0 aliphatic carbocycles. The summed E-state index contributed by atoms with van der Waals surface area (Å²) in [6, 6.07) is 15.4. The number of esters is 1. The molecule has 7 heteroatoms. The van der Waals surface area contributed by atoms with Gasteiger partial charge in [-0.1, -0.05) is 22.0 Å². The van der Waals surface area contributed by atoms with Crippen molar-refractivity contribution in [3.63, 3.8) is 0 Å². The second kappa shape index (κ2) is 9.58. The number of halogens is 1. The van der Waals surface area contributed by atoms with Gasteiger partial charge < -0.3 is 14.0 Å². The van der Waals surface area contributed by atoms with Crippen LogP contribution in [0.5, 0.6) is 5.75 Å². The van der Waals surface area contributed by atoms with Crippen molar-refractivity contribution >= 4 is 39.6 Å². The summed E-state index contributed by atoms with van der Waals surface area (Å²) in [5.41, 5.74) is 6.54. The van der Waals surface area contributed by atoms with Crippen LogP contribution in [0.2, 0.25) is 0 Å². The Morgan fingerprint density at radius 1 is 0.971 bits per heavy atom. The Bertz CT molecular complexity index is 1400. The van der Waals surface area contributed by atoms with Gasteiger partial charge in [-0.25, -0.2) is 4.79 Å². The first-order chi connectivity index (χ1) is 16.7. The van der Waals surface area contributed by atoms with Crippen molar-refractivity contribution in [1.82, 2.24) is 4.57 Å². The molecule has 4 rings (SSSR count). The minimum Gasteiger partial charge on any atom is -0.495 e. The number of nitrogens with zero attached hydrogens (tertiary/aromatic N) is 2. The zero-order valence-electron chi connectivity index (χ0n) is 20.6. The van der Waals surface area contributed by atoms with E-state index >= 15 is 0 Å². The van der Waals surface area contributed by atoms with Gasteiger partial charge in [-0.05, 0) is 87.4 Å². The molecule has 0 bridgehead atoms. The summed E-state index contributed by atoms with van der Waals surface area (Å²) in [7, 11) is 2.97. The highest BCUT2D eigenvalue weighted by Crippen LogP contribution is 2.37. The molecule has 0 fully saturated rings. The Morgan fingerprint density at radius 3 is 2.29 bits per heavy atom. The lowest BCUT2D eigenvalue weighted by Crippen LogP contribution is -2.24. The third kappa shape index (κ3) is 4.32. The molecule has 2 aromatic carbocycles. The predicted octanol–water partition coefficient (Wildman–Crippen LogP) is 6.05. The number of allylic oxidation sites excluding steroid dienone is 1. The Kier molecular flexibility index (Phi) is 6.72. The summed E-state index contributed by atoms with van der Waals surface area (Å²) < 4.78 is 13.7. The highest BCUT2D eigenvalue weighted by Gasteiger charge is 2.38. The van der Waals surface area contributed by atoms with Gasteiger partial charge in [0.05, 0.1) is 31.1 Å². The fraction of sp³-hybridized carbons (Fsp3) is 0.214. The Balaban J connectivity index is 1.87. The molecule has 1 aliphatic rings. The van der Waals surface area contributed by atoms with Gasteiger partial charge in [-0.15, -0.1) is 0 Å². The number of carbonyl (C=O) groups excluding carboxylic acids is 2. The quantitative estimate of drug-likeness (QED) is 0.295. The maximum Gasteiger partial charge on any atom is 0.340 e. The van der Waals surface area contributed by atoms with E-state index in [1.54, 1.807) is 25.0 Å². The van der Waals surface area contributed by atoms with Crippen molar-refractivity contribution in [2.24, 2.45) is 0 Å². The highest BCUT2D eigenvalue weighted by molar-refractivity contribution is 9.10. The number of carbonyl (C=O) groups is 2. The number of methoxy groups -OCH3 is 2. The van der Waals surface area contributed by atoms with E-state index in [4.69, 9.17) is 9.47 Å². The van der Waals surface area contributed by atoms with Gasteiger partial charge in [0.25, 0.3) is 5.91 Å². The minimum atomic E-state index is -0.545. The van der Waals surface area contributed by atoms with E-state index in [-0.39, 0.29) is 11.5 Å². The maximum absolute atomic E-state index is 13.6. The summed E-state index contributed by atoms with van der Waals surface area (Å²) in [5, 5.41) is 0. The topological polar surface area (TPSA) is 60.8 Å². The molecule has 0 saturated heterocycles. The SMILES string of the molecule is COC(=O)C1=C(C)N(c2ccc(Br)cc2)C(=O)/C1=C\c1cc(C)n(-c2cc(C)ccc2OC)c1C. The van der Waals surface area contributed by atoms with Gasteiger partial charge in [0.15, 0.2) is 0 Å². The van der Waals surface area contributed by atoms with Crippen molar-refractivity contribution in [2.45, 2.75) is 27.7 Å². The van der Waals surface area contributed by atoms with E-state index in [9.17, 15) is 9.59 Å².